The largest absolute Gasteiger partial charge is 0.373 e. The van der Waals surface area contributed by atoms with Crippen molar-refractivity contribution in [1.29, 1.82) is 0 Å². The Hall–Kier alpha value is -2.06. The lowest BCUT2D eigenvalue weighted by atomic mass is 10.1. The van der Waals surface area contributed by atoms with Gasteiger partial charge in [-0.1, -0.05) is 0 Å². The second-order valence-corrected chi connectivity index (χ2v) is 7.46. The highest BCUT2D eigenvalue weighted by Gasteiger charge is 2.36. The Morgan fingerprint density at radius 2 is 2.00 bits per heavy atom. The van der Waals surface area contributed by atoms with Crippen LogP contribution in [-0.4, -0.2) is 31.3 Å². The van der Waals surface area contributed by atoms with Gasteiger partial charge in [0.15, 0.2) is 11.6 Å². The maximum atomic E-state index is 13.4. The van der Waals surface area contributed by atoms with Crippen molar-refractivity contribution in [2.24, 2.45) is 0 Å². The summed E-state index contributed by atoms with van der Waals surface area (Å²) in [5.74, 6) is -1.60. The second-order valence-electron chi connectivity index (χ2n) is 5.57. The number of anilines is 1. The number of halogens is 2. The fourth-order valence-electron chi connectivity index (χ4n) is 2.92. The molecule has 5 nitrogen and oxygen atoms in total. The van der Waals surface area contributed by atoms with E-state index in [0.717, 1.165) is 23.8 Å². The van der Waals surface area contributed by atoms with Crippen molar-refractivity contribution in [2.75, 3.05) is 18.9 Å². The summed E-state index contributed by atoms with van der Waals surface area (Å²) in [5.41, 5.74) is 0.818. The summed E-state index contributed by atoms with van der Waals surface area (Å²) in [5, 5.41) is 2.92. The van der Waals surface area contributed by atoms with Crippen molar-refractivity contribution in [3.05, 3.63) is 53.7 Å². The van der Waals surface area contributed by atoms with E-state index in [9.17, 15) is 17.2 Å². The van der Waals surface area contributed by atoms with Crippen molar-refractivity contribution in [2.45, 2.75) is 23.8 Å². The van der Waals surface area contributed by atoms with Crippen LogP contribution < -0.4 is 5.32 Å². The van der Waals surface area contributed by atoms with E-state index in [2.05, 4.69) is 10.3 Å². The van der Waals surface area contributed by atoms with Gasteiger partial charge in [0.25, 0.3) is 0 Å². The molecule has 0 spiro atoms. The summed E-state index contributed by atoms with van der Waals surface area (Å²) in [4.78, 5) is 3.89. The molecular weight excluding hydrogens is 336 g/mol. The third kappa shape index (κ3) is 2.99. The molecule has 1 aromatic heterocycles. The third-order valence-electron chi connectivity index (χ3n) is 4.13. The van der Waals surface area contributed by atoms with Gasteiger partial charge in [-0.2, -0.15) is 4.31 Å². The van der Waals surface area contributed by atoms with E-state index in [1.807, 2.05) is 0 Å². The molecule has 2 heterocycles. The molecule has 0 bridgehead atoms. The van der Waals surface area contributed by atoms with Gasteiger partial charge in [0, 0.05) is 19.8 Å². The van der Waals surface area contributed by atoms with E-state index in [1.165, 1.54) is 4.31 Å². The number of rotatable bonds is 4. The normalized spacial score (nSPS) is 18.7. The Balaban J connectivity index is 1.98. The summed E-state index contributed by atoms with van der Waals surface area (Å²) >= 11 is 0. The number of nitrogens with zero attached hydrogens (tertiary/aromatic N) is 2. The van der Waals surface area contributed by atoms with Gasteiger partial charge < -0.3 is 5.32 Å². The SMILES string of the molecule is CNc1cc([C@H]2CCCN2S(=O)(=O)c2ccc(F)c(F)c2)ccn1. The predicted molar refractivity (Wildman–Crippen MR) is 86.0 cm³/mol. The van der Waals surface area contributed by atoms with Gasteiger partial charge in [0.1, 0.15) is 5.82 Å². The molecule has 24 heavy (non-hydrogen) atoms. The van der Waals surface area contributed by atoms with Crippen molar-refractivity contribution in [1.82, 2.24) is 9.29 Å². The number of hydrogen-bond acceptors (Lipinski definition) is 4. The first kappa shape index (κ1) is 16.8. The average molecular weight is 353 g/mol. The standard InChI is InChI=1S/C16H17F2N3O2S/c1-19-16-9-11(6-7-20-16)15-3-2-8-21(15)24(22,23)12-4-5-13(17)14(18)10-12/h4-7,9-10,15H,2-3,8H2,1H3,(H,19,20)/t15-/m1/s1. The quantitative estimate of drug-likeness (QED) is 0.918. The summed E-state index contributed by atoms with van der Waals surface area (Å²) in [7, 11) is -2.18. The lowest BCUT2D eigenvalue weighted by Gasteiger charge is -2.24. The molecule has 0 amide bonds. The molecule has 1 fully saturated rings. The number of sulfonamides is 1. The highest BCUT2D eigenvalue weighted by Crippen LogP contribution is 2.37. The minimum Gasteiger partial charge on any atom is -0.373 e. The molecule has 0 aliphatic carbocycles. The average Bonchev–Trinajstić information content (AvgIpc) is 3.08. The summed E-state index contributed by atoms with van der Waals surface area (Å²) in [6, 6.07) is 5.87. The Bertz CT molecular complexity index is 858. The first-order chi connectivity index (χ1) is 11.4. The van der Waals surface area contributed by atoms with Gasteiger partial charge >= 0.3 is 0 Å². The molecule has 0 saturated carbocycles. The zero-order valence-electron chi connectivity index (χ0n) is 13.0. The monoisotopic (exact) mass is 353 g/mol. The first-order valence-electron chi connectivity index (χ1n) is 7.54. The van der Waals surface area contributed by atoms with Crippen LogP contribution in [0.1, 0.15) is 24.4 Å². The van der Waals surface area contributed by atoms with Crippen molar-refractivity contribution in [3.63, 3.8) is 0 Å². The topological polar surface area (TPSA) is 62.3 Å². The smallest absolute Gasteiger partial charge is 0.243 e. The van der Waals surface area contributed by atoms with Crippen molar-refractivity contribution >= 4 is 15.8 Å². The minimum atomic E-state index is -3.91. The number of aromatic nitrogens is 1. The van der Waals surface area contributed by atoms with E-state index in [1.54, 1.807) is 25.4 Å². The zero-order chi connectivity index (χ0) is 17.3. The molecule has 3 rings (SSSR count). The predicted octanol–water partition coefficient (Wildman–Crippen LogP) is 2.93. The molecule has 1 aliphatic heterocycles. The van der Waals surface area contributed by atoms with Crippen LogP contribution in [0.4, 0.5) is 14.6 Å². The fraction of sp³-hybridized carbons (Fsp3) is 0.312. The van der Waals surface area contributed by atoms with Crippen LogP contribution in [0.15, 0.2) is 41.4 Å². The maximum absolute atomic E-state index is 13.4. The molecule has 8 heteroatoms. The number of benzene rings is 1. The van der Waals surface area contributed by atoms with Gasteiger partial charge in [-0.15, -0.1) is 0 Å². The van der Waals surface area contributed by atoms with Crippen LogP contribution in [0.2, 0.25) is 0 Å². The number of nitrogens with one attached hydrogen (secondary N) is 1. The van der Waals surface area contributed by atoms with E-state index in [-0.39, 0.29) is 10.9 Å². The highest BCUT2D eigenvalue weighted by atomic mass is 32.2. The molecule has 1 atom stereocenters. The fourth-order valence-corrected chi connectivity index (χ4v) is 4.62. The van der Waals surface area contributed by atoms with Gasteiger partial charge in [0.2, 0.25) is 10.0 Å². The molecule has 2 aromatic rings. The number of pyridine rings is 1. The van der Waals surface area contributed by atoms with E-state index in [0.29, 0.717) is 25.2 Å². The molecule has 1 aliphatic rings. The van der Waals surface area contributed by atoms with Gasteiger partial charge in [-0.25, -0.2) is 22.2 Å². The van der Waals surface area contributed by atoms with Crippen LogP contribution in [0, 0.1) is 11.6 Å². The van der Waals surface area contributed by atoms with E-state index < -0.39 is 21.7 Å². The minimum absolute atomic E-state index is 0.240. The molecule has 1 aromatic carbocycles. The number of hydrogen-bond donors (Lipinski definition) is 1. The van der Waals surface area contributed by atoms with Crippen LogP contribution in [0.3, 0.4) is 0 Å². The Morgan fingerprint density at radius 1 is 1.21 bits per heavy atom. The zero-order valence-corrected chi connectivity index (χ0v) is 13.9. The lowest BCUT2D eigenvalue weighted by molar-refractivity contribution is 0.396. The first-order valence-corrected chi connectivity index (χ1v) is 8.98. The highest BCUT2D eigenvalue weighted by molar-refractivity contribution is 7.89. The van der Waals surface area contributed by atoms with Crippen LogP contribution in [0.5, 0.6) is 0 Å². The van der Waals surface area contributed by atoms with Crippen LogP contribution in [0.25, 0.3) is 0 Å². The summed E-state index contributed by atoms with van der Waals surface area (Å²) < 4.78 is 53.6. The van der Waals surface area contributed by atoms with Crippen LogP contribution in [-0.2, 0) is 10.0 Å². The molecule has 0 radical (unpaired) electrons. The van der Waals surface area contributed by atoms with Gasteiger partial charge in [0.05, 0.1) is 10.9 Å². The maximum Gasteiger partial charge on any atom is 0.243 e. The Kier molecular flexibility index (Phi) is 4.51. The molecular formula is C16H17F2N3O2S. The van der Waals surface area contributed by atoms with Crippen LogP contribution >= 0.6 is 0 Å². The summed E-state index contributed by atoms with van der Waals surface area (Å²) in [6.45, 7) is 0.337. The Morgan fingerprint density at radius 3 is 2.71 bits per heavy atom. The van der Waals surface area contributed by atoms with Crippen molar-refractivity contribution in [3.8, 4) is 0 Å². The molecule has 128 valence electrons. The molecule has 1 saturated heterocycles. The third-order valence-corrected chi connectivity index (χ3v) is 6.03. The lowest BCUT2D eigenvalue weighted by Crippen LogP contribution is -2.30. The summed E-state index contributed by atoms with van der Waals surface area (Å²) in [6.07, 6.45) is 2.97. The Labute approximate surface area is 139 Å². The molecule has 0 unspecified atom stereocenters. The van der Waals surface area contributed by atoms with E-state index in [4.69, 9.17) is 0 Å². The van der Waals surface area contributed by atoms with Gasteiger partial charge in [-0.05, 0) is 48.7 Å². The van der Waals surface area contributed by atoms with Gasteiger partial charge in [-0.3, -0.25) is 0 Å². The second kappa shape index (κ2) is 6.45. The van der Waals surface area contributed by atoms with Crippen molar-refractivity contribution < 1.29 is 17.2 Å². The molecule has 1 N–H and O–H groups in total. The van der Waals surface area contributed by atoms with E-state index >= 15 is 0 Å².